The predicted molar refractivity (Wildman–Crippen MR) is 75.8 cm³/mol. The number of carbonyl (C=O) groups is 1. The molecule has 21 heavy (non-hydrogen) atoms. The Balaban J connectivity index is 2.49. The number of alkyl halides is 3. The second kappa shape index (κ2) is 5.58. The molecule has 0 unspecified atom stereocenters. The van der Waals surface area contributed by atoms with Crippen LogP contribution in [0.25, 0.3) is 0 Å². The molecule has 7 heteroatoms. The summed E-state index contributed by atoms with van der Waals surface area (Å²) in [4.78, 5) is 12.2. The molecule has 2 rings (SSSR count). The minimum atomic E-state index is -4.64. The Kier molecular flexibility index (Phi) is 4.16. The lowest BCUT2D eigenvalue weighted by molar-refractivity contribution is -0.137. The maximum Gasteiger partial charge on any atom is 0.417 e. The lowest BCUT2D eigenvalue weighted by Crippen LogP contribution is -2.09. The Hall–Kier alpha value is -1.72. The van der Waals surface area contributed by atoms with Crippen molar-refractivity contribution in [2.45, 2.75) is 6.18 Å². The van der Waals surface area contributed by atoms with Crippen LogP contribution in [0, 0.1) is 0 Å². The second-order valence-corrected chi connectivity index (χ2v) is 5.08. The Morgan fingerprint density at radius 3 is 2.24 bits per heavy atom. The SMILES string of the molecule is Nc1ccc(C(=O)c2ccc(Cl)c(C(F)(F)F)c2)c(Cl)c1. The van der Waals surface area contributed by atoms with E-state index < -0.39 is 22.5 Å². The zero-order chi connectivity index (χ0) is 15.8. The molecule has 0 heterocycles. The van der Waals surface area contributed by atoms with Crippen molar-refractivity contribution in [3.05, 3.63) is 63.1 Å². The van der Waals surface area contributed by atoms with Gasteiger partial charge in [0.1, 0.15) is 0 Å². The highest BCUT2D eigenvalue weighted by Gasteiger charge is 2.34. The summed E-state index contributed by atoms with van der Waals surface area (Å²) in [6.45, 7) is 0. The maximum absolute atomic E-state index is 12.8. The highest BCUT2D eigenvalue weighted by Crippen LogP contribution is 2.35. The van der Waals surface area contributed by atoms with Gasteiger partial charge in [0.25, 0.3) is 0 Å². The Labute approximate surface area is 128 Å². The monoisotopic (exact) mass is 333 g/mol. The van der Waals surface area contributed by atoms with Crippen LogP contribution in [0.3, 0.4) is 0 Å². The number of nitrogen functional groups attached to an aromatic ring is 1. The molecule has 0 amide bonds. The zero-order valence-electron chi connectivity index (χ0n) is 10.3. The first-order chi connectivity index (χ1) is 9.70. The topological polar surface area (TPSA) is 43.1 Å². The smallest absolute Gasteiger partial charge is 0.399 e. The average molecular weight is 334 g/mol. The quantitative estimate of drug-likeness (QED) is 0.632. The zero-order valence-corrected chi connectivity index (χ0v) is 11.9. The van der Waals surface area contributed by atoms with Gasteiger partial charge < -0.3 is 5.73 Å². The van der Waals surface area contributed by atoms with Gasteiger partial charge in [-0.1, -0.05) is 23.2 Å². The molecule has 0 aliphatic carbocycles. The van der Waals surface area contributed by atoms with E-state index in [1.807, 2.05) is 0 Å². The molecule has 0 fully saturated rings. The third kappa shape index (κ3) is 3.31. The molecule has 2 nitrogen and oxygen atoms in total. The standard InChI is InChI=1S/C14H8Cl2F3NO/c15-11-4-1-7(5-10(11)14(17,18)19)13(21)9-3-2-8(20)6-12(9)16/h1-6H,20H2. The molecular weight excluding hydrogens is 326 g/mol. The van der Waals surface area contributed by atoms with E-state index in [4.69, 9.17) is 28.9 Å². The van der Waals surface area contributed by atoms with E-state index in [1.165, 1.54) is 24.3 Å². The molecule has 0 aliphatic heterocycles. The van der Waals surface area contributed by atoms with E-state index >= 15 is 0 Å². The summed E-state index contributed by atoms with van der Waals surface area (Å²) in [5.74, 6) is -0.637. The molecule has 0 spiro atoms. The predicted octanol–water partition coefficient (Wildman–Crippen LogP) is 4.83. The lowest BCUT2D eigenvalue weighted by Gasteiger charge is -2.11. The third-order valence-electron chi connectivity index (χ3n) is 2.77. The summed E-state index contributed by atoms with van der Waals surface area (Å²) in [7, 11) is 0. The molecule has 0 atom stereocenters. The molecule has 0 bridgehead atoms. The van der Waals surface area contributed by atoms with Crippen molar-refractivity contribution in [2.75, 3.05) is 5.73 Å². The fraction of sp³-hybridized carbons (Fsp3) is 0.0714. The highest BCUT2D eigenvalue weighted by atomic mass is 35.5. The summed E-state index contributed by atoms with van der Waals surface area (Å²) in [5, 5.41) is -0.397. The van der Waals surface area contributed by atoms with Gasteiger partial charge in [0.05, 0.1) is 15.6 Å². The van der Waals surface area contributed by atoms with Crippen LogP contribution >= 0.6 is 23.2 Å². The van der Waals surface area contributed by atoms with Gasteiger partial charge >= 0.3 is 6.18 Å². The van der Waals surface area contributed by atoms with Crippen molar-refractivity contribution < 1.29 is 18.0 Å². The Morgan fingerprint density at radius 2 is 1.67 bits per heavy atom. The molecule has 2 aromatic rings. The fourth-order valence-electron chi connectivity index (χ4n) is 1.75. The molecule has 110 valence electrons. The second-order valence-electron chi connectivity index (χ2n) is 4.26. The summed E-state index contributed by atoms with van der Waals surface area (Å²) in [5.41, 5.74) is 4.70. The van der Waals surface area contributed by atoms with E-state index in [0.29, 0.717) is 11.8 Å². The van der Waals surface area contributed by atoms with Gasteiger partial charge in [-0.3, -0.25) is 4.79 Å². The largest absolute Gasteiger partial charge is 0.417 e. The Bertz CT molecular complexity index is 714. The first-order valence-electron chi connectivity index (χ1n) is 5.66. The van der Waals surface area contributed by atoms with Crippen LogP contribution in [0.15, 0.2) is 36.4 Å². The van der Waals surface area contributed by atoms with Crippen LogP contribution in [0.2, 0.25) is 10.0 Å². The first-order valence-corrected chi connectivity index (χ1v) is 6.42. The van der Waals surface area contributed by atoms with E-state index in [9.17, 15) is 18.0 Å². The van der Waals surface area contributed by atoms with Gasteiger partial charge in [-0.15, -0.1) is 0 Å². The summed E-state index contributed by atoms with van der Waals surface area (Å²) in [6, 6.07) is 7.11. The highest BCUT2D eigenvalue weighted by molar-refractivity contribution is 6.35. The van der Waals surface area contributed by atoms with Gasteiger partial charge in [-0.25, -0.2) is 0 Å². The van der Waals surface area contributed by atoms with Crippen LogP contribution in [0.1, 0.15) is 21.5 Å². The minimum absolute atomic E-state index is 0.0707. The number of rotatable bonds is 2. The number of carbonyl (C=O) groups excluding carboxylic acids is 1. The molecule has 0 radical (unpaired) electrons. The molecule has 2 aromatic carbocycles. The van der Waals surface area contributed by atoms with E-state index in [0.717, 1.165) is 6.07 Å². The third-order valence-corrected chi connectivity index (χ3v) is 3.41. The molecule has 0 aromatic heterocycles. The van der Waals surface area contributed by atoms with Crippen LogP contribution in [-0.4, -0.2) is 5.78 Å². The van der Waals surface area contributed by atoms with Crippen molar-refractivity contribution in [1.82, 2.24) is 0 Å². The van der Waals surface area contributed by atoms with Crippen LogP contribution in [-0.2, 0) is 6.18 Å². The van der Waals surface area contributed by atoms with Gasteiger partial charge in [-0.2, -0.15) is 13.2 Å². The van der Waals surface area contributed by atoms with Crippen molar-refractivity contribution in [2.24, 2.45) is 0 Å². The average Bonchev–Trinajstić information content (AvgIpc) is 2.37. The molecule has 2 N–H and O–H groups in total. The number of halogens is 5. The number of benzene rings is 2. The maximum atomic E-state index is 12.8. The molecule has 0 aliphatic rings. The van der Waals surface area contributed by atoms with Gasteiger partial charge in [0.15, 0.2) is 5.78 Å². The van der Waals surface area contributed by atoms with Gasteiger partial charge in [0, 0.05) is 16.8 Å². The number of anilines is 1. The van der Waals surface area contributed by atoms with E-state index in [1.54, 1.807) is 0 Å². The van der Waals surface area contributed by atoms with Crippen LogP contribution in [0.5, 0.6) is 0 Å². The number of ketones is 1. The van der Waals surface area contributed by atoms with E-state index in [2.05, 4.69) is 0 Å². The summed E-state index contributed by atoms with van der Waals surface area (Å²) < 4.78 is 38.4. The molecule has 0 saturated heterocycles. The summed E-state index contributed by atoms with van der Waals surface area (Å²) in [6.07, 6.45) is -4.64. The molecule has 0 saturated carbocycles. The van der Waals surface area contributed by atoms with Crippen LogP contribution in [0.4, 0.5) is 18.9 Å². The van der Waals surface area contributed by atoms with E-state index in [-0.39, 0.29) is 16.1 Å². The van der Waals surface area contributed by atoms with Crippen molar-refractivity contribution in [1.29, 1.82) is 0 Å². The Morgan fingerprint density at radius 1 is 1.00 bits per heavy atom. The van der Waals surface area contributed by atoms with Crippen LogP contribution < -0.4 is 5.73 Å². The number of nitrogens with two attached hydrogens (primary N) is 1. The van der Waals surface area contributed by atoms with Gasteiger partial charge in [0.2, 0.25) is 0 Å². The molecular formula is C14H8Cl2F3NO. The lowest BCUT2D eigenvalue weighted by atomic mass is 10.0. The number of hydrogen-bond acceptors (Lipinski definition) is 2. The number of hydrogen-bond donors (Lipinski definition) is 1. The van der Waals surface area contributed by atoms with Crippen molar-refractivity contribution >= 4 is 34.7 Å². The van der Waals surface area contributed by atoms with Crippen molar-refractivity contribution in [3.63, 3.8) is 0 Å². The normalized spacial score (nSPS) is 11.5. The minimum Gasteiger partial charge on any atom is -0.399 e. The first kappa shape index (κ1) is 15.7. The summed E-state index contributed by atoms with van der Waals surface area (Å²) >= 11 is 11.4. The fourth-order valence-corrected chi connectivity index (χ4v) is 2.25. The van der Waals surface area contributed by atoms with Gasteiger partial charge in [-0.05, 0) is 36.4 Å². The van der Waals surface area contributed by atoms with Crippen molar-refractivity contribution in [3.8, 4) is 0 Å².